The normalized spacial score (nSPS) is 15.6. The summed E-state index contributed by atoms with van der Waals surface area (Å²) in [7, 11) is 1.99. The van der Waals surface area contributed by atoms with Gasteiger partial charge in [-0.25, -0.2) is 0 Å². The van der Waals surface area contributed by atoms with Crippen LogP contribution in [0.4, 0.5) is 24.5 Å². The maximum atomic E-state index is 13.2. The van der Waals surface area contributed by atoms with E-state index < -0.39 is 17.6 Å². The van der Waals surface area contributed by atoms with Crippen molar-refractivity contribution in [1.29, 1.82) is 0 Å². The molecule has 0 aliphatic carbocycles. The molecular weight excluding hydrogens is 419 g/mol. The molecule has 1 saturated heterocycles. The summed E-state index contributed by atoms with van der Waals surface area (Å²) in [6.45, 7) is 6.72. The molecule has 1 N–H and O–H groups in total. The van der Waals surface area contributed by atoms with Gasteiger partial charge in [0, 0.05) is 32.1 Å². The lowest BCUT2D eigenvalue weighted by Gasteiger charge is -2.35. The standard InChI is InChI=1S/C19H24F3N5O2S/c1-12(2)17-24-25-18(29-17)30-11-16(28)23-14-10-13(19(20,21)22)4-5-15(14)27-8-6-26(3)7-9-27/h4-5,10,12H,6-9,11H2,1-3H3,(H,23,28). The Bertz CT molecular complexity index is 879. The molecule has 0 unspecified atom stereocenters. The molecule has 7 nitrogen and oxygen atoms in total. The van der Waals surface area contributed by atoms with Gasteiger partial charge in [-0.1, -0.05) is 25.6 Å². The van der Waals surface area contributed by atoms with Crippen LogP contribution < -0.4 is 10.2 Å². The molecule has 1 aromatic carbocycles. The van der Waals surface area contributed by atoms with Gasteiger partial charge >= 0.3 is 6.18 Å². The van der Waals surface area contributed by atoms with Crippen molar-refractivity contribution in [3.63, 3.8) is 0 Å². The van der Waals surface area contributed by atoms with E-state index in [1.54, 1.807) is 0 Å². The summed E-state index contributed by atoms with van der Waals surface area (Å²) in [5.41, 5.74) is -0.0792. The Hall–Kier alpha value is -2.27. The van der Waals surface area contributed by atoms with Crippen LogP contribution in [0.2, 0.25) is 0 Å². The second-order valence-corrected chi connectivity index (χ2v) is 8.34. The zero-order chi connectivity index (χ0) is 21.9. The van der Waals surface area contributed by atoms with Crippen molar-refractivity contribution in [2.24, 2.45) is 0 Å². The molecule has 0 atom stereocenters. The number of benzene rings is 1. The van der Waals surface area contributed by atoms with E-state index in [4.69, 9.17) is 4.42 Å². The van der Waals surface area contributed by atoms with Gasteiger partial charge in [-0.2, -0.15) is 13.2 Å². The Labute approximate surface area is 177 Å². The van der Waals surface area contributed by atoms with Crippen molar-refractivity contribution in [1.82, 2.24) is 15.1 Å². The number of carbonyl (C=O) groups excluding carboxylic acids is 1. The van der Waals surface area contributed by atoms with E-state index in [1.165, 1.54) is 6.07 Å². The van der Waals surface area contributed by atoms with Gasteiger partial charge in [0.15, 0.2) is 0 Å². The van der Waals surface area contributed by atoms with E-state index in [1.807, 2.05) is 25.8 Å². The van der Waals surface area contributed by atoms with Gasteiger partial charge < -0.3 is 19.5 Å². The van der Waals surface area contributed by atoms with Gasteiger partial charge in [-0.15, -0.1) is 10.2 Å². The lowest BCUT2D eigenvalue weighted by atomic mass is 10.1. The number of hydrogen-bond acceptors (Lipinski definition) is 7. The minimum absolute atomic E-state index is 0.0574. The van der Waals surface area contributed by atoms with Gasteiger partial charge in [0.25, 0.3) is 5.22 Å². The number of rotatable bonds is 6. The van der Waals surface area contributed by atoms with Gasteiger partial charge in [0.05, 0.1) is 22.7 Å². The van der Waals surface area contributed by atoms with E-state index in [0.29, 0.717) is 24.7 Å². The van der Waals surface area contributed by atoms with Gasteiger partial charge in [0.2, 0.25) is 11.8 Å². The molecule has 1 amide bonds. The van der Waals surface area contributed by atoms with E-state index in [9.17, 15) is 18.0 Å². The maximum absolute atomic E-state index is 13.2. The van der Waals surface area contributed by atoms with E-state index in [2.05, 4.69) is 20.4 Å². The molecule has 3 rings (SSSR count). The third-order valence-electron chi connectivity index (χ3n) is 4.68. The molecule has 1 aromatic heterocycles. The van der Waals surface area contributed by atoms with Crippen LogP contribution in [0.5, 0.6) is 0 Å². The number of likely N-dealkylation sites (N-methyl/N-ethyl adjacent to an activating group) is 1. The molecule has 0 saturated carbocycles. The van der Waals surface area contributed by atoms with Crippen LogP contribution in [0.1, 0.15) is 31.2 Å². The Morgan fingerprint density at radius 1 is 1.23 bits per heavy atom. The molecule has 0 spiro atoms. The number of thioether (sulfide) groups is 1. The molecule has 0 bridgehead atoms. The Kier molecular flexibility index (Phi) is 6.91. The lowest BCUT2D eigenvalue weighted by Crippen LogP contribution is -2.44. The maximum Gasteiger partial charge on any atom is 0.416 e. The SMILES string of the molecule is CC(C)c1nnc(SCC(=O)Nc2cc(C(F)(F)F)ccc2N2CCN(C)CC2)o1. The van der Waals surface area contributed by atoms with E-state index >= 15 is 0 Å². The first kappa shape index (κ1) is 22.4. The number of alkyl halides is 3. The van der Waals surface area contributed by atoms with Crippen molar-refractivity contribution in [2.75, 3.05) is 49.2 Å². The average molecular weight is 443 g/mol. The van der Waals surface area contributed by atoms with Crippen molar-refractivity contribution < 1.29 is 22.4 Å². The van der Waals surface area contributed by atoms with Crippen LogP contribution in [-0.2, 0) is 11.0 Å². The van der Waals surface area contributed by atoms with Crippen LogP contribution in [0.25, 0.3) is 0 Å². The summed E-state index contributed by atoms with van der Waals surface area (Å²) >= 11 is 1.04. The van der Waals surface area contributed by atoms with Crippen LogP contribution in [0.3, 0.4) is 0 Å². The topological polar surface area (TPSA) is 74.5 Å². The summed E-state index contributed by atoms with van der Waals surface area (Å²) in [6, 6.07) is 3.45. The van der Waals surface area contributed by atoms with Crippen LogP contribution >= 0.6 is 11.8 Å². The number of carbonyl (C=O) groups is 1. The first-order chi connectivity index (χ1) is 14.1. The number of nitrogens with one attached hydrogen (secondary N) is 1. The third kappa shape index (κ3) is 5.66. The molecule has 0 radical (unpaired) electrons. The summed E-state index contributed by atoms with van der Waals surface area (Å²) in [4.78, 5) is 16.6. The van der Waals surface area contributed by atoms with Gasteiger partial charge in [-0.05, 0) is 25.2 Å². The quantitative estimate of drug-likeness (QED) is 0.683. The summed E-state index contributed by atoms with van der Waals surface area (Å²) in [5, 5.41) is 10.6. The molecule has 2 heterocycles. The minimum atomic E-state index is -4.49. The largest absolute Gasteiger partial charge is 0.416 e. The van der Waals surface area contributed by atoms with Gasteiger partial charge in [-0.3, -0.25) is 4.79 Å². The summed E-state index contributed by atoms with van der Waals surface area (Å²) in [6.07, 6.45) is -4.49. The minimum Gasteiger partial charge on any atom is -0.416 e. The average Bonchev–Trinajstić information content (AvgIpc) is 3.16. The number of halogens is 3. The van der Waals surface area contributed by atoms with E-state index in [-0.39, 0.29) is 22.6 Å². The van der Waals surface area contributed by atoms with E-state index in [0.717, 1.165) is 37.0 Å². The predicted octanol–water partition coefficient (Wildman–Crippen LogP) is 3.69. The first-order valence-electron chi connectivity index (χ1n) is 9.54. The summed E-state index contributed by atoms with van der Waals surface area (Å²) in [5.74, 6) is 0.0297. The number of amides is 1. The highest BCUT2D eigenvalue weighted by Crippen LogP contribution is 2.36. The molecule has 164 valence electrons. The number of nitrogens with zero attached hydrogens (tertiary/aromatic N) is 4. The fourth-order valence-corrected chi connectivity index (χ4v) is 3.53. The van der Waals surface area contributed by atoms with Crippen LogP contribution in [0.15, 0.2) is 27.8 Å². The van der Waals surface area contributed by atoms with Crippen molar-refractivity contribution in [3.8, 4) is 0 Å². The van der Waals surface area contributed by atoms with Crippen LogP contribution in [-0.4, -0.2) is 60.0 Å². The molecule has 1 fully saturated rings. The van der Waals surface area contributed by atoms with Crippen molar-refractivity contribution in [2.45, 2.75) is 31.2 Å². The highest BCUT2D eigenvalue weighted by atomic mass is 32.2. The number of hydrogen-bond donors (Lipinski definition) is 1. The van der Waals surface area contributed by atoms with Crippen molar-refractivity contribution in [3.05, 3.63) is 29.7 Å². The zero-order valence-corrected chi connectivity index (χ0v) is 17.8. The second kappa shape index (κ2) is 9.25. The smallest absolute Gasteiger partial charge is 0.416 e. The Balaban J connectivity index is 1.73. The molecule has 2 aromatic rings. The van der Waals surface area contributed by atoms with Crippen molar-refractivity contribution >= 4 is 29.0 Å². The highest BCUT2D eigenvalue weighted by molar-refractivity contribution is 7.99. The van der Waals surface area contributed by atoms with Crippen LogP contribution in [0, 0.1) is 0 Å². The monoisotopic (exact) mass is 443 g/mol. The molecular formula is C19H24F3N5O2S. The fourth-order valence-electron chi connectivity index (χ4n) is 2.96. The number of aromatic nitrogens is 2. The number of piperazine rings is 1. The lowest BCUT2D eigenvalue weighted by molar-refractivity contribution is -0.137. The second-order valence-electron chi connectivity index (χ2n) is 7.42. The zero-order valence-electron chi connectivity index (χ0n) is 17.0. The first-order valence-corrected chi connectivity index (χ1v) is 10.5. The fraction of sp³-hybridized carbons (Fsp3) is 0.526. The Morgan fingerprint density at radius 3 is 2.53 bits per heavy atom. The highest BCUT2D eigenvalue weighted by Gasteiger charge is 2.32. The molecule has 1 aliphatic heterocycles. The molecule has 1 aliphatic rings. The Morgan fingerprint density at radius 2 is 1.93 bits per heavy atom. The third-order valence-corrected chi connectivity index (χ3v) is 5.50. The van der Waals surface area contributed by atoms with Gasteiger partial charge in [0.1, 0.15) is 0 Å². The molecule has 30 heavy (non-hydrogen) atoms. The number of anilines is 2. The predicted molar refractivity (Wildman–Crippen MR) is 109 cm³/mol. The molecule has 11 heteroatoms. The summed E-state index contributed by atoms with van der Waals surface area (Å²) < 4.78 is 45.0.